The fraction of sp³-hybridized carbons (Fsp3) is 0.400. The van der Waals surface area contributed by atoms with Crippen molar-refractivity contribution in [3.05, 3.63) is 77.9 Å². The van der Waals surface area contributed by atoms with E-state index in [2.05, 4.69) is 46.4 Å². The minimum absolute atomic E-state index is 0.134. The summed E-state index contributed by atoms with van der Waals surface area (Å²) in [6.07, 6.45) is 2.59. The van der Waals surface area contributed by atoms with E-state index in [9.17, 15) is 14.4 Å². The van der Waals surface area contributed by atoms with Gasteiger partial charge in [-0.2, -0.15) is 0 Å². The number of rotatable bonds is 11. The van der Waals surface area contributed by atoms with E-state index in [0.717, 1.165) is 68.5 Å². The van der Waals surface area contributed by atoms with Crippen molar-refractivity contribution in [3.63, 3.8) is 0 Å². The summed E-state index contributed by atoms with van der Waals surface area (Å²) in [5.41, 5.74) is 4.98. The molecule has 226 valence electrons. The lowest BCUT2D eigenvalue weighted by Gasteiger charge is -2.33. The van der Waals surface area contributed by atoms with Gasteiger partial charge in [0.05, 0.1) is 5.69 Å². The third-order valence-electron chi connectivity index (χ3n) is 8.10. The van der Waals surface area contributed by atoms with Gasteiger partial charge in [0.15, 0.2) is 6.10 Å². The molecule has 1 saturated heterocycles. The minimum atomic E-state index is -0.558. The second-order valence-corrected chi connectivity index (χ2v) is 12.1. The van der Waals surface area contributed by atoms with Crippen molar-refractivity contribution in [3.8, 4) is 16.9 Å². The van der Waals surface area contributed by atoms with Gasteiger partial charge in [-0.25, -0.2) is 0 Å². The number of anilines is 2. The van der Waals surface area contributed by atoms with Crippen LogP contribution in [0.15, 0.2) is 66.7 Å². The molecule has 2 aliphatic rings. The van der Waals surface area contributed by atoms with E-state index in [-0.39, 0.29) is 17.7 Å². The first kappa shape index (κ1) is 30.4. The van der Waals surface area contributed by atoms with Crippen LogP contribution < -0.4 is 15.4 Å². The molecule has 0 aliphatic carbocycles. The first-order valence-electron chi connectivity index (χ1n) is 15.3. The van der Waals surface area contributed by atoms with Crippen molar-refractivity contribution >= 4 is 29.5 Å². The Morgan fingerprint density at radius 3 is 2.72 bits per heavy atom. The van der Waals surface area contributed by atoms with Gasteiger partial charge in [0.2, 0.25) is 0 Å². The zero-order valence-corrected chi connectivity index (χ0v) is 25.3. The van der Waals surface area contributed by atoms with Gasteiger partial charge in [0.25, 0.3) is 11.8 Å². The van der Waals surface area contributed by atoms with Crippen LogP contribution in [-0.4, -0.2) is 66.7 Å². The van der Waals surface area contributed by atoms with Gasteiger partial charge in [-0.05, 0) is 79.3 Å². The Morgan fingerprint density at radius 1 is 1.14 bits per heavy atom. The first-order chi connectivity index (χ1) is 20.8. The summed E-state index contributed by atoms with van der Waals surface area (Å²) in [4.78, 5) is 41.8. The summed E-state index contributed by atoms with van der Waals surface area (Å²) < 4.78 is 5.65. The summed E-state index contributed by atoms with van der Waals surface area (Å²) >= 11 is 0. The first-order valence-corrected chi connectivity index (χ1v) is 15.3. The molecular weight excluding hydrogens is 540 g/mol. The van der Waals surface area contributed by atoms with Crippen molar-refractivity contribution in [2.45, 2.75) is 46.3 Å². The highest BCUT2D eigenvalue weighted by molar-refractivity contribution is 6.05. The molecule has 1 fully saturated rings. The van der Waals surface area contributed by atoms with Crippen LogP contribution in [0.4, 0.5) is 11.4 Å². The van der Waals surface area contributed by atoms with Crippen LogP contribution in [0.3, 0.4) is 0 Å². The third kappa shape index (κ3) is 7.89. The number of amides is 2. The summed E-state index contributed by atoms with van der Waals surface area (Å²) in [7, 11) is 0. The van der Waals surface area contributed by atoms with Crippen molar-refractivity contribution < 1.29 is 19.1 Å². The number of carbonyl (C=O) groups is 3. The molecular formula is C35H42N4O4. The molecule has 43 heavy (non-hydrogen) atoms. The van der Waals surface area contributed by atoms with Crippen molar-refractivity contribution in [2.75, 3.05) is 43.4 Å². The number of likely N-dealkylation sites (tertiary alicyclic amines) is 1. The molecule has 5 rings (SSSR count). The summed E-state index contributed by atoms with van der Waals surface area (Å²) in [6.45, 7) is 11.4. The molecule has 2 unspecified atom stereocenters. The van der Waals surface area contributed by atoms with Gasteiger partial charge in [-0.3, -0.25) is 14.5 Å². The molecule has 2 atom stereocenters. The normalized spacial score (nSPS) is 18.6. The average molecular weight is 583 g/mol. The standard InChI is InChI=1S/C35H42N4O4/c1-24(2)20-39(17-16-38-15-7-8-26(21-38)23-40)22-29-18-28(11-13-31(29)27-9-5-4-6-10-27)35(42)36-30-12-14-33-32(19-30)37-34(41)25(3)43-33/h4-6,9-14,18-19,23-26H,7-8,15-17,20-22H2,1-3H3,(H,36,42)(H,37,41). The van der Waals surface area contributed by atoms with Gasteiger partial charge in [0, 0.05) is 49.9 Å². The van der Waals surface area contributed by atoms with Crippen molar-refractivity contribution in [1.29, 1.82) is 0 Å². The van der Waals surface area contributed by atoms with Crippen molar-refractivity contribution in [2.24, 2.45) is 11.8 Å². The number of hydrogen-bond donors (Lipinski definition) is 2. The lowest BCUT2D eigenvalue weighted by atomic mass is 9.96. The topological polar surface area (TPSA) is 91.0 Å². The number of carbonyl (C=O) groups excluding carboxylic acids is 3. The maximum absolute atomic E-state index is 13.5. The van der Waals surface area contributed by atoms with E-state index in [1.54, 1.807) is 25.1 Å². The highest BCUT2D eigenvalue weighted by Crippen LogP contribution is 2.33. The second-order valence-electron chi connectivity index (χ2n) is 12.1. The lowest BCUT2D eigenvalue weighted by Crippen LogP contribution is -2.41. The lowest BCUT2D eigenvalue weighted by molar-refractivity contribution is -0.122. The Balaban J connectivity index is 1.37. The zero-order chi connectivity index (χ0) is 30.3. The van der Waals surface area contributed by atoms with Gasteiger partial charge < -0.3 is 25.1 Å². The smallest absolute Gasteiger partial charge is 0.265 e. The van der Waals surface area contributed by atoms with Crippen LogP contribution in [0.1, 0.15) is 49.5 Å². The number of ether oxygens (including phenoxy) is 1. The van der Waals surface area contributed by atoms with Gasteiger partial charge >= 0.3 is 0 Å². The second kappa shape index (κ2) is 14.0. The number of fused-ring (bicyclic) bond motifs is 1. The van der Waals surface area contributed by atoms with Crippen LogP contribution in [0.25, 0.3) is 11.1 Å². The molecule has 0 saturated carbocycles. The molecule has 8 nitrogen and oxygen atoms in total. The molecule has 2 amide bonds. The van der Waals surface area contributed by atoms with Crippen LogP contribution in [0, 0.1) is 11.8 Å². The van der Waals surface area contributed by atoms with Gasteiger partial charge in [-0.15, -0.1) is 0 Å². The maximum atomic E-state index is 13.5. The molecule has 2 aliphatic heterocycles. The SMILES string of the molecule is CC(C)CN(CCN1CCCC(C=O)C1)Cc1cc(C(=O)Nc2ccc3c(c2)NC(=O)C(C)O3)ccc1-c1ccccc1. The zero-order valence-electron chi connectivity index (χ0n) is 25.3. The molecule has 0 radical (unpaired) electrons. The Labute approximate surface area is 254 Å². The number of benzene rings is 3. The Kier molecular flexibility index (Phi) is 9.89. The highest BCUT2D eigenvalue weighted by atomic mass is 16.5. The van der Waals surface area contributed by atoms with Gasteiger partial charge in [0.1, 0.15) is 12.0 Å². The van der Waals surface area contributed by atoms with Crippen molar-refractivity contribution in [1.82, 2.24) is 9.80 Å². The maximum Gasteiger partial charge on any atom is 0.265 e. The van der Waals surface area contributed by atoms with E-state index in [1.807, 2.05) is 36.4 Å². The van der Waals surface area contributed by atoms with E-state index in [0.29, 0.717) is 35.2 Å². The number of nitrogens with one attached hydrogen (secondary N) is 2. The van der Waals surface area contributed by atoms with Crippen LogP contribution >= 0.6 is 0 Å². The third-order valence-corrected chi connectivity index (χ3v) is 8.10. The molecule has 8 heteroatoms. The number of piperidine rings is 1. The Hall–Kier alpha value is -4.01. The predicted octanol–water partition coefficient (Wildman–Crippen LogP) is 5.69. The van der Waals surface area contributed by atoms with E-state index >= 15 is 0 Å². The van der Waals surface area contributed by atoms with E-state index in [4.69, 9.17) is 4.74 Å². The Morgan fingerprint density at radius 2 is 1.95 bits per heavy atom. The summed E-state index contributed by atoms with van der Waals surface area (Å²) in [6, 6.07) is 21.4. The molecule has 0 bridgehead atoms. The summed E-state index contributed by atoms with van der Waals surface area (Å²) in [5.74, 6) is 0.755. The predicted molar refractivity (Wildman–Crippen MR) is 170 cm³/mol. The fourth-order valence-electron chi connectivity index (χ4n) is 5.94. The number of hydrogen-bond acceptors (Lipinski definition) is 6. The molecule has 0 spiro atoms. The van der Waals surface area contributed by atoms with Gasteiger partial charge in [-0.1, -0.05) is 50.2 Å². The van der Waals surface area contributed by atoms with Crippen LogP contribution in [-0.2, 0) is 16.1 Å². The molecule has 2 heterocycles. The quantitative estimate of drug-likeness (QED) is 0.282. The van der Waals surface area contributed by atoms with E-state index in [1.165, 1.54) is 0 Å². The minimum Gasteiger partial charge on any atom is -0.479 e. The number of aldehydes is 1. The largest absolute Gasteiger partial charge is 0.479 e. The molecule has 0 aromatic heterocycles. The molecule has 3 aromatic rings. The Bertz CT molecular complexity index is 1440. The molecule has 2 N–H and O–H groups in total. The highest BCUT2D eigenvalue weighted by Gasteiger charge is 2.24. The fourth-order valence-corrected chi connectivity index (χ4v) is 5.94. The van der Waals surface area contributed by atoms with E-state index < -0.39 is 6.10 Å². The monoisotopic (exact) mass is 582 g/mol. The van der Waals surface area contributed by atoms with Crippen LogP contribution in [0.5, 0.6) is 5.75 Å². The average Bonchev–Trinajstić information content (AvgIpc) is 3.01. The summed E-state index contributed by atoms with van der Waals surface area (Å²) in [5, 5.41) is 5.82. The number of nitrogens with zero attached hydrogens (tertiary/aromatic N) is 2. The van der Waals surface area contributed by atoms with Crippen LogP contribution in [0.2, 0.25) is 0 Å². The molecule has 3 aromatic carbocycles.